The summed E-state index contributed by atoms with van der Waals surface area (Å²) in [5.74, 6) is 0. The van der Waals surface area contributed by atoms with Gasteiger partial charge in [0.2, 0.25) is 0 Å². The largest absolute Gasteiger partial charge is 0.390 e. The summed E-state index contributed by atoms with van der Waals surface area (Å²) in [4.78, 5) is 4.82. The van der Waals surface area contributed by atoms with Gasteiger partial charge < -0.3 is 15.3 Å². The number of likely N-dealkylation sites (tertiary alicyclic amines) is 1. The van der Waals surface area contributed by atoms with E-state index in [1.54, 1.807) is 0 Å². The first-order valence-electron chi connectivity index (χ1n) is 7.37. The zero-order valence-corrected chi connectivity index (χ0v) is 12.5. The van der Waals surface area contributed by atoms with Gasteiger partial charge in [0.1, 0.15) is 0 Å². The second-order valence-electron chi connectivity index (χ2n) is 5.86. The van der Waals surface area contributed by atoms with E-state index in [9.17, 15) is 5.11 Å². The molecular weight excluding hydrogens is 226 g/mol. The summed E-state index contributed by atoms with van der Waals surface area (Å²) >= 11 is 0. The van der Waals surface area contributed by atoms with E-state index in [-0.39, 0.29) is 6.10 Å². The molecule has 2 N–H and O–H groups in total. The van der Waals surface area contributed by atoms with Crippen LogP contribution in [-0.2, 0) is 0 Å². The van der Waals surface area contributed by atoms with Crippen molar-refractivity contribution in [1.82, 2.24) is 15.1 Å². The smallest absolute Gasteiger partial charge is 0.0791 e. The standard InChI is InChI=1S/C14H31N3O/c1-5-17-8-6-7-13(17)10-16(4)11-14(18)9-15-12(2)3/h12-15,18H,5-11H2,1-4H3. The van der Waals surface area contributed by atoms with Crippen molar-refractivity contribution in [3.8, 4) is 0 Å². The maximum atomic E-state index is 9.95. The third-order valence-corrected chi connectivity index (χ3v) is 3.71. The Kier molecular flexibility index (Phi) is 7.15. The van der Waals surface area contributed by atoms with Crippen LogP contribution in [0, 0.1) is 0 Å². The normalized spacial score (nSPS) is 23.2. The summed E-state index contributed by atoms with van der Waals surface area (Å²) in [5.41, 5.74) is 0. The Labute approximate surface area is 112 Å². The fourth-order valence-corrected chi connectivity index (χ4v) is 2.75. The highest BCUT2D eigenvalue weighted by molar-refractivity contribution is 4.81. The highest BCUT2D eigenvalue weighted by Gasteiger charge is 2.24. The topological polar surface area (TPSA) is 38.7 Å². The van der Waals surface area contributed by atoms with Gasteiger partial charge in [-0.2, -0.15) is 0 Å². The zero-order valence-electron chi connectivity index (χ0n) is 12.5. The van der Waals surface area contributed by atoms with Gasteiger partial charge in [-0.15, -0.1) is 0 Å². The summed E-state index contributed by atoms with van der Waals surface area (Å²) < 4.78 is 0. The quantitative estimate of drug-likeness (QED) is 0.673. The van der Waals surface area contributed by atoms with Crippen LogP contribution in [0.4, 0.5) is 0 Å². The average Bonchev–Trinajstić information content (AvgIpc) is 2.73. The minimum Gasteiger partial charge on any atom is -0.390 e. The Morgan fingerprint density at radius 2 is 2.17 bits per heavy atom. The van der Waals surface area contributed by atoms with Gasteiger partial charge in [0.25, 0.3) is 0 Å². The van der Waals surface area contributed by atoms with Gasteiger partial charge in [0.15, 0.2) is 0 Å². The molecule has 2 atom stereocenters. The molecule has 1 rings (SSSR count). The number of nitrogens with one attached hydrogen (secondary N) is 1. The number of hydrogen-bond donors (Lipinski definition) is 2. The van der Waals surface area contributed by atoms with Crippen molar-refractivity contribution in [1.29, 1.82) is 0 Å². The van der Waals surface area contributed by atoms with Crippen molar-refractivity contribution in [2.75, 3.05) is 39.8 Å². The highest BCUT2D eigenvalue weighted by atomic mass is 16.3. The second kappa shape index (κ2) is 8.10. The molecule has 0 saturated carbocycles. The first-order valence-corrected chi connectivity index (χ1v) is 7.37. The predicted molar refractivity (Wildman–Crippen MR) is 76.9 cm³/mol. The van der Waals surface area contributed by atoms with Crippen molar-refractivity contribution in [3.05, 3.63) is 0 Å². The first-order chi connectivity index (χ1) is 8.52. The Balaban J connectivity index is 2.21. The Hall–Kier alpha value is -0.160. The lowest BCUT2D eigenvalue weighted by Gasteiger charge is -2.29. The molecule has 1 aliphatic rings. The van der Waals surface area contributed by atoms with Crippen molar-refractivity contribution >= 4 is 0 Å². The number of aliphatic hydroxyl groups is 1. The lowest BCUT2D eigenvalue weighted by molar-refractivity contribution is 0.106. The van der Waals surface area contributed by atoms with E-state index >= 15 is 0 Å². The monoisotopic (exact) mass is 257 g/mol. The summed E-state index contributed by atoms with van der Waals surface area (Å²) in [6.45, 7) is 11.4. The van der Waals surface area contributed by atoms with Gasteiger partial charge in [0, 0.05) is 31.7 Å². The molecule has 0 aliphatic carbocycles. The summed E-state index contributed by atoms with van der Waals surface area (Å²) in [6, 6.07) is 1.13. The van der Waals surface area contributed by atoms with Crippen molar-refractivity contribution < 1.29 is 5.11 Å². The molecule has 0 aromatic carbocycles. The van der Waals surface area contributed by atoms with Gasteiger partial charge in [-0.3, -0.25) is 4.90 Å². The van der Waals surface area contributed by atoms with Gasteiger partial charge in [0.05, 0.1) is 6.10 Å². The molecule has 0 bridgehead atoms. The fraction of sp³-hybridized carbons (Fsp3) is 1.00. The number of rotatable bonds is 8. The van der Waals surface area contributed by atoms with E-state index in [1.165, 1.54) is 19.4 Å². The second-order valence-corrected chi connectivity index (χ2v) is 5.86. The number of aliphatic hydroxyl groups excluding tert-OH is 1. The molecule has 0 aromatic rings. The lowest BCUT2D eigenvalue weighted by Crippen LogP contribution is -2.43. The Morgan fingerprint density at radius 1 is 1.44 bits per heavy atom. The molecule has 1 aliphatic heterocycles. The Bertz CT molecular complexity index is 223. The van der Waals surface area contributed by atoms with E-state index in [4.69, 9.17) is 0 Å². The zero-order chi connectivity index (χ0) is 13.5. The average molecular weight is 257 g/mol. The van der Waals surface area contributed by atoms with Gasteiger partial charge in [-0.25, -0.2) is 0 Å². The van der Waals surface area contributed by atoms with E-state index in [1.807, 2.05) is 0 Å². The molecular formula is C14H31N3O. The minimum atomic E-state index is -0.270. The first kappa shape index (κ1) is 15.9. The van der Waals surface area contributed by atoms with Gasteiger partial charge in [-0.05, 0) is 33.0 Å². The van der Waals surface area contributed by atoms with E-state index in [0.717, 1.165) is 19.6 Å². The molecule has 108 valence electrons. The molecule has 0 aromatic heterocycles. The molecule has 0 spiro atoms. The van der Waals surface area contributed by atoms with E-state index in [0.29, 0.717) is 18.6 Å². The molecule has 18 heavy (non-hydrogen) atoms. The SMILES string of the molecule is CCN1CCCC1CN(C)CC(O)CNC(C)C. The van der Waals surface area contributed by atoms with Gasteiger partial charge >= 0.3 is 0 Å². The minimum absolute atomic E-state index is 0.270. The van der Waals surface area contributed by atoms with Crippen LogP contribution in [0.1, 0.15) is 33.6 Å². The number of likely N-dealkylation sites (N-methyl/N-ethyl adjacent to an activating group) is 2. The summed E-state index contributed by atoms with van der Waals surface area (Å²) in [7, 11) is 2.12. The highest BCUT2D eigenvalue weighted by Crippen LogP contribution is 2.17. The molecule has 2 unspecified atom stereocenters. The van der Waals surface area contributed by atoms with E-state index < -0.39 is 0 Å². The third kappa shape index (κ3) is 5.65. The molecule has 0 amide bonds. The fourth-order valence-electron chi connectivity index (χ4n) is 2.75. The Morgan fingerprint density at radius 3 is 2.78 bits per heavy atom. The van der Waals surface area contributed by atoms with Crippen LogP contribution in [0.3, 0.4) is 0 Å². The molecule has 4 heteroatoms. The van der Waals surface area contributed by atoms with Crippen LogP contribution in [0.25, 0.3) is 0 Å². The maximum absolute atomic E-state index is 9.95. The van der Waals surface area contributed by atoms with Crippen LogP contribution < -0.4 is 5.32 Å². The van der Waals surface area contributed by atoms with Crippen LogP contribution >= 0.6 is 0 Å². The summed E-state index contributed by atoms with van der Waals surface area (Å²) in [6.07, 6.45) is 2.36. The summed E-state index contributed by atoms with van der Waals surface area (Å²) in [5, 5.41) is 13.2. The van der Waals surface area contributed by atoms with Crippen molar-refractivity contribution in [3.63, 3.8) is 0 Å². The number of hydrogen-bond acceptors (Lipinski definition) is 4. The third-order valence-electron chi connectivity index (χ3n) is 3.71. The van der Waals surface area contributed by atoms with Crippen molar-refractivity contribution in [2.45, 2.75) is 51.8 Å². The molecule has 1 saturated heterocycles. The number of nitrogens with zero attached hydrogens (tertiary/aromatic N) is 2. The molecule has 1 fully saturated rings. The molecule has 1 heterocycles. The van der Waals surface area contributed by atoms with Crippen LogP contribution in [-0.4, -0.2) is 72.9 Å². The van der Waals surface area contributed by atoms with E-state index in [2.05, 4.69) is 42.9 Å². The van der Waals surface area contributed by atoms with Crippen molar-refractivity contribution in [2.24, 2.45) is 0 Å². The maximum Gasteiger partial charge on any atom is 0.0791 e. The predicted octanol–water partition coefficient (Wildman–Crippen LogP) is 0.761. The molecule has 4 nitrogen and oxygen atoms in total. The van der Waals surface area contributed by atoms with Crippen LogP contribution in [0.15, 0.2) is 0 Å². The molecule has 0 radical (unpaired) electrons. The van der Waals surface area contributed by atoms with Crippen LogP contribution in [0.2, 0.25) is 0 Å². The van der Waals surface area contributed by atoms with Gasteiger partial charge in [-0.1, -0.05) is 20.8 Å². The van der Waals surface area contributed by atoms with Crippen LogP contribution in [0.5, 0.6) is 0 Å². The lowest BCUT2D eigenvalue weighted by atomic mass is 10.2.